The minimum atomic E-state index is -2.47. The van der Waals surface area contributed by atoms with Gasteiger partial charge in [0.1, 0.15) is 19.6 Å². The molecule has 12 rings (SSSR count). The highest BCUT2D eigenvalue weighted by atomic mass is 28.3. The van der Waals surface area contributed by atoms with Gasteiger partial charge in [0.2, 0.25) is 5.78 Å². The fraction of sp³-hybridized carbons (Fsp3) is 0.143. The summed E-state index contributed by atoms with van der Waals surface area (Å²) in [6.45, 7) is 14.5. The summed E-state index contributed by atoms with van der Waals surface area (Å²) >= 11 is 0. The van der Waals surface area contributed by atoms with Crippen LogP contribution in [0, 0.1) is 0 Å². The van der Waals surface area contributed by atoms with E-state index in [-0.39, 0.29) is 10.8 Å². The average Bonchev–Trinajstić information content (AvgIpc) is 3.81. The average molecular weight is 819 g/mol. The molecule has 0 spiro atoms. The van der Waals surface area contributed by atoms with Crippen LogP contribution in [0.4, 0.5) is 0 Å². The first-order chi connectivity index (χ1) is 30.0. The van der Waals surface area contributed by atoms with Crippen molar-refractivity contribution in [2.75, 3.05) is 0 Å². The number of pyridine rings is 1. The Balaban J connectivity index is 1.05. The zero-order valence-electron chi connectivity index (χ0n) is 35.9. The van der Waals surface area contributed by atoms with Gasteiger partial charge >= 0.3 is 0 Å². The molecule has 0 saturated carbocycles. The van der Waals surface area contributed by atoms with Gasteiger partial charge in [-0.05, 0) is 69.4 Å². The standard InChI is InChI=1S/C56H46N4OSi/c1-55(2)44-31-28-35(59-48-25-13-14-26-49(48)60-47-24-12-11-23-46(47)58-54(59)60)33-50(44)61-53-45(56(55,3)4)22-15-27-51(53)62(5,6)36-29-30-40-38-18-9-10-20-41(38)52-42(21-16-32-57-52)37-17-7-8-19-39(37)43(40)34-36/h7-34H,1-6H3. The molecule has 0 unspecified atom stereocenters. The Hall–Kier alpha value is -7.02. The summed E-state index contributed by atoms with van der Waals surface area (Å²) in [4.78, 5) is 10.2. The summed E-state index contributed by atoms with van der Waals surface area (Å²) < 4.78 is 12.1. The maximum atomic E-state index is 7.51. The van der Waals surface area contributed by atoms with E-state index in [1.54, 1.807) is 0 Å². The summed E-state index contributed by atoms with van der Waals surface area (Å²) in [6, 6.07) is 59.8. The molecule has 62 heavy (non-hydrogen) atoms. The zero-order chi connectivity index (χ0) is 42.1. The minimum Gasteiger partial charge on any atom is -0.457 e. The van der Waals surface area contributed by atoms with Crippen molar-refractivity contribution >= 4 is 46.3 Å². The summed E-state index contributed by atoms with van der Waals surface area (Å²) in [5.74, 6) is 2.77. The molecule has 10 aromatic rings. The monoisotopic (exact) mass is 818 g/mol. The van der Waals surface area contributed by atoms with Crippen LogP contribution in [0.15, 0.2) is 170 Å². The largest absolute Gasteiger partial charge is 0.457 e. The molecule has 5 nitrogen and oxygen atoms in total. The maximum Gasteiger partial charge on any atom is 0.220 e. The molecule has 6 heteroatoms. The number of imidazole rings is 2. The molecule has 4 heterocycles. The lowest BCUT2D eigenvalue weighted by Crippen LogP contribution is -2.53. The topological polar surface area (TPSA) is 44.4 Å². The minimum absolute atomic E-state index is 0.264. The highest BCUT2D eigenvalue weighted by molar-refractivity contribution is 7.01. The third kappa shape index (κ3) is 5.01. The predicted molar refractivity (Wildman–Crippen MR) is 258 cm³/mol. The van der Waals surface area contributed by atoms with Crippen LogP contribution in [0.25, 0.3) is 78.2 Å². The molecule has 1 aliphatic carbocycles. The number of hydrogen-bond donors (Lipinski definition) is 0. The molecule has 1 aliphatic heterocycles. The molecule has 0 saturated heterocycles. The SMILES string of the molecule is CC1(C)c2ccc(-n3c4ccccc4n4c5ccccc5nc34)cc2Oc2c(cccc2[Si](C)(C)c2ccc3c(c2)-c2ccccc2-c2cccnc2-c2ccccc2-3)C1(C)C. The van der Waals surface area contributed by atoms with E-state index in [1.807, 2.05) is 6.20 Å². The van der Waals surface area contributed by atoms with Gasteiger partial charge in [0.05, 0.1) is 33.4 Å². The van der Waals surface area contributed by atoms with E-state index >= 15 is 0 Å². The highest BCUT2D eigenvalue weighted by Gasteiger charge is 2.47. The second kappa shape index (κ2) is 13.0. The molecule has 0 atom stereocenters. The number of para-hydroxylation sites is 5. The smallest absolute Gasteiger partial charge is 0.220 e. The molecule has 0 bridgehead atoms. The van der Waals surface area contributed by atoms with E-state index in [9.17, 15) is 0 Å². The number of rotatable bonds is 3. The van der Waals surface area contributed by atoms with E-state index in [4.69, 9.17) is 14.7 Å². The van der Waals surface area contributed by atoms with Gasteiger partial charge in [-0.1, -0.05) is 167 Å². The molecule has 3 aromatic heterocycles. The summed E-state index contributed by atoms with van der Waals surface area (Å²) in [5.41, 5.74) is 16.7. The maximum absolute atomic E-state index is 7.51. The van der Waals surface area contributed by atoms with Crippen LogP contribution >= 0.6 is 0 Å². The lowest BCUT2D eigenvalue weighted by Gasteiger charge is -2.42. The Bertz CT molecular complexity index is 3490. The third-order valence-electron chi connectivity index (χ3n) is 14.7. The Morgan fingerprint density at radius 3 is 1.94 bits per heavy atom. The van der Waals surface area contributed by atoms with Crippen molar-refractivity contribution in [2.24, 2.45) is 0 Å². The van der Waals surface area contributed by atoms with Crippen molar-refractivity contribution in [3.8, 4) is 61.8 Å². The molecule has 0 radical (unpaired) electrons. The number of fused-ring (bicyclic) bond motifs is 15. The molecule has 2 aliphatic rings. The van der Waals surface area contributed by atoms with E-state index in [1.165, 1.54) is 49.3 Å². The predicted octanol–water partition coefficient (Wildman–Crippen LogP) is 13.0. The molecule has 7 aromatic carbocycles. The molecule has 0 amide bonds. The highest BCUT2D eigenvalue weighted by Crippen LogP contribution is 2.54. The number of benzene rings is 7. The fourth-order valence-corrected chi connectivity index (χ4v) is 13.1. The van der Waals surface area contributed by atoms with Gasteiger partial charge in [0.15, 0.2) is 0 Å². The summed E-state index contributed by atoms with van der Waals surface area (Å²) in [7, 11) is -2.47. The molecule has 0 fully saturated rings. The first-order valence-electron chi connectivity index (χ1n) is 21.7. The summed E-state index contributed by atoms with van der Waals surface area (Å²) in [5, 5.41) is 2.65. The summed E-state index contributed by atoms with van der Waals surface area (Å²) in [6.07, 6.45) is 1.91. The Kier molecular flexibility index (Phi) is 7.71. The van der Waals surface area contributed by atoms with E-state index in [0.29, 0.717) is 0 Å². The number of hydrogen-bond acceptors (Lipinski definition) is 3. The van der Waals surface area contributed by atoms with Crippen molar-refractivity contribution in [3.63, 3.8) is 0 Å². The van der Waals surface area contributed by atoms with Crippen molar-refractivity contribution in [2.45, 2.75) is 51.6 Å². The second-order valence-electron chi connectivity index (χ2n) is 18.7. The Labute approximate surface area is 363 Å². The first-order valence-corrected chi connectivity index (χ1v) is 24.7. The number of ether oxygens (including phenoxy) is 1. The van der Waals surface area contributed by atoms with Crippen LogP contribution in [0.1, 0.15) is 38.8 Å². The zero-order valence-corrected chi connectivity index (χ0v) is 36.9. The molecular formula is C56H46N4OSi. The van der Waals surface area contributed by atoms with Gasteiger partial charge < -0.3 is 4.74 Å². The van der Waals surface area contributed by atoms with Gasteiger partial charge in [0.25, 0.3) is 0 Å². The first kappa shape index (κ1) is 36.8. The van der Waals surface area contributed by atoms with Crippen LogP contribution in [0.3, 0.4) is 0 Å². The Morgan fingerprint density at radius 2 is 1.15 bits per heavy atom. The van der Waals surface area contributed by atoms with Crippen molar-refractivity contribution in [1.82, 2.24) is 18.9 Å². The lowest BCUT2D eigenvalue weighted by atomic mass is 9.61. The molecule has 300 valence electrons. The van der Waals surface area contributed by atoms with Gasteiger partial charge in [-0.15, -0.1) is 0 Å². The van der Waals surface area contributed by atoms with E-state index in [0.717, 1.165) is 61.9 Å². The Morgan fingerprint density at radius 1 is 0.516 bits per heavy atom. The van der Waals surface area contributed by atoms with Gasteiger partial charge in [-0.25, -0.2) is 4.98 Å². The van der Waals surface area contributed by atoms with Gasteiger partial charge in [-0.2, -0.15) is 0 Å². The van der Waals surface area contributed by atoms with Gasteiger partial charge in [-0.3, -0.25) is 14.0 Å². The number of aromatic nitrogens is 4. The van der Waals surface area contributed by atoms with Crippen LogP contribution in [-0.4, -0.2) is 27.0 Å². The normalized spacial score (nSPS) is 14.7. The van der Waals surface area contributed by atoms with Crippen molar-refractivity contribution in [1.29, 1.82) is 0 Å². The van der Waals surface area contributed by atoms with Crippen LogP contribution in [-0.2, 0) is 10.8 Å². The van der Waals surface area contributed by atoms with Crippen molar-refractivity contribution in [3.05, 3.63) is 181 Å². The van der Waals surface area contributed by atoms with Crippen molar-refractivity contribution < 1.29 is 4.74 Å². The third-order valence-corrected chi connectivity index (χ3v) is 18.2. The van der Waals surface area contributed by atoms with Gasteiger partial charge in [0, 0.05) is 45.3 Å². The van der Waals surface area contributed by atoms with Crippen LogP contribution in [0.5, 0.6) is 11.5 Å². The fourth-order valence-electron chi connectivity index (χ4n) is 10.5. The van der Waals surface area contributed by atoms with E-state index in [2.05, 4.69) is 214 Å². The number of nitrogens with zero attached hydrogens (tertiary/aromatic N) is 4. The molecular weight excluding hydrogens is 773 g/mol. The second-order valence-corrected chi connectivity index (χ2v) is 23.0. The van der Waals surface area contributed by atoms with Crippen LogP contribution in [0.2, 0.25) is 13.1 Å². The quantitative estimate of drug-likeness (QED) is 0.167. The van der Waals surface area contributed by atoms with E-state index < -0.39 is 8.07 Å². The van der Waals surface area contributed by atoms with Crippen LogP contribution < -0.4 is 15.1 Å². The lowest BCUT2D eigenvalue weighted by molar-refractivity contribution is 0.306. The molecule has 0 N–H and O–H groups in total.